The average molecular weight is 351 g/mol. The first-order valence-corrected chi connectivity index (χ1v) is 8.50. The summed E-state index contributed by atoms with van der Waals surface area (Å²) >= 11 is 0. The number of para-hydroxylation sites is 1. The van der Waals surface area contributed by atoms with Crippen molar-refractivity contribution in [3.63, 3.8) is 0 Å². The molecule has 0 unspecified atom stereocenters. The van der Waals surface area contributed by atoms with E-state index in [0.717, 1.165) is 16.7 Å². The second kappa shape index (κ2) is 5.72. The summed E-state index contributed by atoms with van der Waals surface area (Å²) in [7, 11) is 1.87. The highest BCUT2D eigenvalue weighted by molar-refractivity contribution is 5.78. The van der Waals surface area contributed by atoms with Crippen molar-refractivity contribution in [1.82, 2.24) is 19.7 Å². The van der Waals surface area contributed by atoms with Crippen molar-refractivity contribution in [2.45, 2.75) is 32.9 Å². The van der Waals surface area contributed by atoms with Crippen LogP contribution in [0.4, 0.5) is 5.95 Å². The van der Waals surface area contributed by atoms with Crippen molar-refractivity contribution < 1.29 is 4.42 Å². The lowest BCUT2D eigenvalue weighted by molar-refractivity contribution is 0.366. The van der Waals surface area contributed by atoms with Crippen LogP contribution in [0, 0.1) is 0 Å². The van der Waals surface area contributed by atoms with Gasteiger partial charge in [0.25, 0.3) is 5.56 Å². The number of benzene rings is 1. The number of hydrogen-bond donors (Lipinski definition) is 1. The van der Waals surface area contributed by atoms with Crippen LogP contribution in [0.15, 0.2) is 45.7 Å². The molecular formula is C19H21N5O2. The number of nitrogens with zero attached hydrogens (tertiary/aromatic N) is 4. The Morgan fingerprint density at radius 2 is 2.04 bits per heavy atom. The Bertz CT molecular complexity index is 1110. The number of aromatic nitrogens is 4. The highest BCUT2D eigenvalue weighted by Gasteiger charge is 2.20. The molecule has 1 aromatic carbocycles. The summed E-state index contributed by atoms with van der Waals surface area (Å²) in [4.78, 5) is 21.8. The van der Waals surface area contributed by atoms with Gasteiger partial charge in [0, 0.05) is 12.4 Å². The van der Waals surface area contributed by atoms with Gasteiger partial charge in [0.05, 0.1) is 18.3 Å². The van der Waals surface area contributed by atoms with E-state index in [1.165, 1.54) is 0 Å². The number of furan rings is 1. The number of hydrogen-bond acceptors (Lipinski definition) is 5. The van der Waals surface area contributed by atoms with E-state index in [9.17, 15) is 4.79 Å². The van der Waals surface area contributed by atoms with E-state index >= 15 is 0 Å². The third-order valence-electron chi connectivity index (χ3n) is 4.29. The van der Waals surface area contributed by atoms with Gasteiger partial charge in [0.1, 0.15) is 16.7 Å². The average Bonchev–Trinajstić information content (AvgIpc) is 3.17. The molecule has 0 fully saturated rings. The zero-order chi connectivity index (χ0) is 18.5. The van der Waals surface area contributed by atoms with Crippen LogP contribution in [-0.2, 0) is 12.1 Å². The molecule has 26 heavy (non-hydrogen) atoms. The molecule has 0 atom stereocenters. The van der Waals surface area contributed by atoms with Crippen LogP contribution in [0.25, 0.3) is 22.0 Å². The molecule has 134 valence electrons. The van der Waals surface area contributed by atoms with Crippen molar-refractivity contribution in [1.29, 1.82) is 0 Å². The van der Waals surface area contributed by atoms with Gasteiger partial charge in [-0.15, -0.1) is 0 Å². The maximum atomic E-state index is 12.4. The van der Waals surface area contributed by atoms with E-state index in [2.05, 4.69) is 15.1 Å². The third-order valence-corrected chi connectivity index (χ3v) is 4.29. The minimum absolute atomic E-state index is 0.197. The molecule has 3 heterocycles. The van der Waals surface area contributed by atoms with Crippen molar-refractivity contribution in [3.8, 4) is 0 Å². The number of aromatic amines is 1. The molecule has 0 spiro atoms. The summed E-state index contributed by atoms with van der Waals surface area (Å²) < 4.78 is 7.64. The van der Waals surface area contributed by atoms with Crippen LogP contribution in [0.2, 0.25) is 0 Å². The Balaban J connectivity index is 1.72. The van der Waals surface area contributed by atoms with Gasteiger partial charge in [-0.25, -0.2) is 4.68 Å². The van der Waals surface area contributed by atoms with Crippen LogP contribution in [-0.4, -0.2) is 26.8 Å². The van der Waals surface area contributed by atoms with E-state index in [4.69, 9.17) is 4.42 Å². The monoisotopic (exact) mass is 351 g/mol. The van der Waals surface area contributed by atoms with Crippen LogP contribution < -0.4 is 10.5 Å². The topological polar surface area (TPSA) is 79.9 Å². The lowest BCUT2D eigenvalue weighted by Gasteiger charge is -2.21. The molecule has 0 amide bonds. The quantitative estimate of drug-likeness (QED) is 0.613. The Morgan fingerprint density at radius 1 is 1.27 bits per heavy atom. The molecule has 1 N–H and O–H groups in total. The van der Waals surface area contributed by atoms with Gasteiger partial charge in [0.15, 0.2) is 5.65 Å². The molecule has 0 saturated heterocycles. The van der Waals surface area contributed by atoms with Crippen molar-refractivity contribution >= 4 is 28.0 Å². The van der Waals surface area contributed by atoms with E-state index in [-0.39, 0.29) is 11.1 Å². The molecule has 0 radical (unpaired) electrons. The highest BCUT2D eigenvalue weighted by Crippen LogP contribution is 2.22. The molecule has 3 aromatic heterocycles. The lowest BCUT2D eigenvalue weighted by atomic mass is 10.1. The Labute approximate surface area is 150 Å². The second-order valence-corrected chi connectivity index (χ2v) is 7.46. The lowest BCUT2D eigenvalue weighted by Crippen LogP contribution is -2.26. The van der Waals surface area contributed by atoms with E-state index < -0.39 is 0 Å². The molecule has 0 saturated carbocycles. The summed E-state index contributed by atoms with van der Waals surface area (Å²) in [6.45, 7) is 6.58. The largest absolute Gasteiger partial charge is 0.459 e. The standard InChI is InChI=1S/C19H21N5O2/c1-19(2,3)24-16-14(10-20-24)17(25)22-18(21-16)23(4)11-13-9-12-7-5-6-8-15(12)26-13/h5-10H,11H2,1-4H3,(H,21,22,25). The number of fused-ring (bicyclic) bond motifs is 2. The van der Waals surface area contributed by atoms with E-state index in [1.54, 1.807) is 10.9 Å². The van der Waals surface area contributed by atoms with E-state index in [1.807, 2.05) is 63.1 Å². The predicted molar refractivity (Wildman–Crippen MR) is 101 cm³/mol. The third kappa shape index (κ3) is 2.75. The van der Waals surface area contributed by atoms with Gasteiger partial charge in [0.2, 0.25) is 5.95 Å². The molecule has 4 rings (SSSR count). The molecule has 7 heteroatoms. The number of nitrogens with one attached hydrogen (secondary N) is 1. The fraction of sp³-hybridized carbons (Fsp3) is 0.316. The zero-order valence-corrected chi connectivity index (χ0v) is 15.3. The van der Waals surface area contributed by atoms with Crippen LogP contribution >= 0.6 is 0 Å². The molecule has 0 aliphatic heterocycles. The maximum absolute atomic E-state index is 12.4. The zero-order valence-electron chi connectivity index (χ0n) is 15.3. The molecular weight excluding hydrogens is 330 g/mol. The van der Waals surface area contributed by atoms with Gasteiger partial charge in [-0.2, -0.15) is 10.1 Å². The fourth-order valence-corrected chi connectivity index (χ4v) is 3.00. The molecule has 0 bridgehead atoms. The number of anilines is 1. The normalized spacial score (nSPS) is 12.2. The van der Waals surface area contributed by atoms with Crippen LogP contribution in [0.3, 0.4) is 0 Å². The van der Waals surface area contributed by atoms with Crippen molar-refractivity contribution in [2.75, 3.05) is 11.9 Å². The first kappa shape index (κ1) is 16.4. The molecule has 0 aliphatic rings. The SMILES string of the molecule is CN(Cc1cc2ccccc2o1)c1nc2c(cnn2C(C)(C)C)c(=O)[nH]1. The molecule has 0 aliphatic carbocycles. The molecule has 7 nitrogen and oxygen atoms in total. The number of rotatable bonds is 3. The Kier molecular flexibility index (Phi) is 3.61. The van der Waals surface area contributed by atoms with Crippen LogP contribution in [0.5, 0.6) is 0 Å². The summed E-state index contributed by atoms with van der Waals surface area (Å²) in [5.41, 5.74) is 0.959. The summed E-state index contributed by atoms with van der Waals surface area (Å²) in [6.07, 6.45) is 1.56. The van der Waals surface area contributed by atoms with Crippen molar-refractivity contribution in [3.05, 3.63) is 52.6 Å². The van der Waals surface area contributed by atoms with Crippen LogP contribution in [0.1, 0.15) is 26.5 Å². The minimum Gasteiger partial charge on any atom is -0.459 e. The second-order valence-electron chi connectivity index (χ2n) is 7.46. The maximum Gasteiger partial charge on any atom is 0.263 e. The van der Waals surface area contributed by atoms with E-state index in [0.29, 0.717) is 23.5 Å². The summed E-state index contributed by atoms with van der Waals surface area (Å²) in [6, 6.07) is 9.87. The van der Waals surface area contributed by atoms with Gasteiger partial charge in [-0.3, -0.25) is 9.78 Å². The van der Waals surface area contributed by atoms with Gasteiger partial charge in [-0.05, 0) is 32.9 Å². The highest BCUT2D eigenvalue weighted by atomic mass is 16.3. The number of H-pyrrole nitrogens is 1. The van der Waals surface area contributed by atoms with Gasteiger partial charge in [-0.1, -0.05) is 18.2 Å². The summed E-state index contributed by atoms with van der Waals surface area (Å²) in [5.74, 6) is 1.29. The smallest absolute Gasteiger partial charge is 0.263 e. The first-order valence-electron chi connectivity index (χ1n) is 8.50. The molecule has 4 aromatic rings. The predicted octanol–water partition coefficient (Wildman–Crippen LogP) is 3.26. The fourth-order valence-electron chi connectivity index (χ4n) is 3.00. The summed E-state index contributed by atoms with van der Waals surface area (Å²) in [5, 5.41) is 5.88. The Morgan fingerprint density at radius 3 is 2.77 bits per heavy atom. The van der Waals surface area contributed by atoms with Gasteiger partial charge < -0.3 is 9.32 Å². The van der Waals surface area contributed by atoms with Gasteiger partial charge >= 0.3 is 0 Å². The first-order chi connectivity index (χ1) is 12.3. The van der Waals surface area contributed by atoms with Crippen molar-refractivity contribution in [2.24, 2.45) is 0 Å². The Hall–Kier alpha value is -3.09. The minimum atomic E-state index is -0.267.